The van der Waals surface area contributed by atoms with E-state index in [1.807, 2.05) is 0 Å². The summed E-state index contributed by atoms with van der Waals surface area (Å²) in [5, 5.41) is 38.5. The van der Waals surface area contributed by atoms with Crippen LogP contribution in [0, 0.1) is 5.41 Å². The third-order valence-electron chi connectivity index (χ3n) is 6.77. The first-order valence-corrected chi connectivity index (χ1v) is 13.1. The van der Waals surface area contributed by atoms with Gasteiger partial charge in [0.05, 0.1) is 16.7 Å². The standard InChI is InChI=1S/C30H28N4O9/c31-30(32)33-20-8-9-21-17(13-20)4-1-2-5-22-23(6-3-7-24(22)43-29(21)42)26(37)34(15-25(35)36)14-16-10-18(27(38)39)12-19(11-16)28(40)41/h3,6-13H,1-2,4-5,14-15H2,(H,35,36)(H,38,39)(H,40,41)(H4,31,32,33). The molecule has 1 aliphatic rings. The molecule has 1 amide bonds. The van der Waals surface area contributed by atoms with E-state index in [0.29, 0.717) is 48.1 Å². The van der Waals surface area contributed by atoms with E-state index >= 15 is 0 Å². The third-order valence-corrected chi connectivity index (χ3v) is 6.77. The average Bonchev–Trinajstić information content (AvgIpc) is 2.94. The number of carboxylic acids is 3. The molecule has 7 N–H and O–H groups in total. The molecular weight excluding hydrogens is 560 g/mol. The van der Waals surface area contributed by atoms with Crippen LogP contribution in [0.1, 0.15) is 71.0 Å². The molecule has 0 saturated heterocycles. The Morgan fingerprint density at radius 3 is 2.23 bits per heavy atom. The lowest BCUT2D eigenvalue weighted by atomic mass is 9.95. The molecule has 3 aromatic carbocycles. The van der Waals surface area contributed by atoms with Crippen molar-refractivity contribution in [2.24, 2.45) is 5.73 Å². The summed E-state index contributed by atoms with van der Waals surface area (Å²) in [4.78, 5) is 62.8. The molecule has 0 atom stereocenters. The Morgan fingerprint density at radius 1 is 0.930 bits per heavy atom. The fourth-order valence-electron chi connectivity index (χ4n) is 4.91. The largest absolute Gasteiger partial charge is 0.480 e. The third kappa shape index (κ3) is 7.33. The van der Waals surface area contributed by atoms with Crippen LogP contribution in [0.3, 0.4) is 0 Å². The normalized spacial score (nSPS) is 12.6. The molecule has 0 fully saturated rings. The number of fused-ring (bicyclic) bond motifs is 2. The number of benzene rings is 3. The number of rotatable bonds is 8. The Hall–Kier alpha value is -5.72. The van der Waals surface area contributed by atoms with Gasteiger partial charge >= 0.3 is 23.9 Å². The number of carbonyl (C=O) groups is 5. The molecule has 1 heterocycles. The second-order valence-electron chi connectivity index (χ2n) is 9.87. The summed E-state index contributed by atoms with van der Waals surface area (Å²) in [6.07, 6.45) is 2.04. The van der Waals surface area contributed by atoms with Crippen molar-refractivity contribution < 1.29 is 44.0 Å². The van der Waals surface area contributed by atoms with E-state index in [0.717, 1.165) is 11.0 Å². The van der Waals surface area contributed by atoms with Crippen LogP contribution in [0.15, 0.2) is 54.6 Å². The van der Waals surface area contributed by atoms with Gasteiger partial charge in [0, 0.05) is 23.4 Å². The number of nitrogens with zero attached hydrogens (tertiary/aromatic N) is 1. The number of ether oxygens (including phenoxy) is 1. The highest BCUT2D eigenvalue weighted by Gasteiger charge is 2.26. The van der Waals surface area contributed by atoms with Crippen LogP contribution in [0.25, 0.3) is 0 Å². The lowest BCUT2D eigenvalue weighted by molar-refractivity contribution is -0.137. The first-order valence-electron chi connectivity index (χ1n) is 13.1. The van der Waals surface area contributed by atoms with E-state index < -0.39 is 36.3 Å². The van der Waals surface area contributed by atoms with E-state index in [4.69, 9.17) is 15.9 Å². The van der Waals surface area contributed by atoms with Crippen LogP contribution in [-0.2, 0) is 24.2 Å². The zero-order valence-electron chi connectivity index (χ0n) is 22.8. The fourth-order valence-corrected chi connectivity index (χ4v) is 4.91. The maximum Gasteiger partial charge on any atom is 0.343 e. The highest BCUT2D eigenvalue weighted by atomic mass is 16.5. The molecule has 13 heteroatoms. The first-order chi connectivity index (χ1) is 20.4. The van der Waals surface area contributed by atoms with Crippen molar-refractivity contribution in [3.63, 3.8) is 0 Å². The summed E-state index contributed by atoms with van der Waals surface area (Å²) in [6, 6.07) is 12.7. The van der Waals surface area contributed by atoms with Crippen LogP contribution < -0.4 is 15.8 Å². The highest BCUT2D eigenvalue weighted by Crippen LogP contribution is 2.30. The van der Waals surface area contributed by atoms with Gasteiger partial charge in [0.1, 0.15) is 12.3 Å². The van der Waals surface area contributed by atoms with Gasteiger partial charge in [-0.25, -0.2) is 14.4 Å². The fraction of sp³-hybridized carbons (Fsp3) is 0.200. The molecular formula is C30H28N4O9. The lowest BCUT2D eigenvalue weighted by Gasteiger charge is -2.24. The van der Waals surface area contributed by atoms with Gasteiger partial charge in [-0.15, -0.1) is 0 Å². The van der Waals surface area contributed by atoms with Gasteiger partial charge in [-0.05, 0) is 85.3 Å². The Morgan fingerprint density at radius 2 is 1.60 bits per heavy atom. The van der Waals surface area contributed by atoms with Crippen molar-refractivity contribution in [3.05, 3.63) is 93.5 Å². The minimum absolute atomic E-state index is 0.0983. The lowest BCUT2D eigenvalue weighted by Crippen LogP contribution is -2.36. The van der Waals surface area contributed by atoms with Crippen LogP contribution in [0.4, 0.5) is 5.69 Å². The second kappa shape index (κ2) is 12.9. The number of aromatic carboxylic acids is 2. The van der Waals surface area contributed by atoms with Crippen molar-refractivity contribution in [1.29, 1.82) is 5.41 Å². The predicted molar refractivity (Wildman–Crippen MR) is 153 cm³/mol. The summed E-state index contributed by atoms with van der Waals surface area (Å²) in [7, 11) is 0. The quantitative estimate of drug-likeness (QED) is 0.0970. The van der Waals surface area contributed by atoms with E-state index in [2.05, 4.69) is 5.32 Å². The molecule has 222 valence electrons. The smallest absolute Gasteiger partial charge is 0.343 e. The monoisotopic (exact) mass is 588 g/mol. The number of aryl methyl sites for hydroxylation is 1. The molecule has 0 saturated carbocycles. The number of aliphatic carboxylic acids is 1. The molecule has 0 spiro atoms. The number of esters is 1. The van der Waals surface area contributed by atoms with Crippen molar-refractivity contribution in [1.82, 2.24) is 4.90 Å². The van der Waals surface area contributed by atoms with E-state index in [-0.39, 0.29) is 40.5 Å². The number of carbonyl (C=O) groups excluding carboxylic acids is 2. The summed E-state index contributed by atoms with van der Waals surface area (Å²) in [5.41, 5.74) is 6.93. The molecule has 13 nitrogen and oxygen atoms in total. The molecule has 0 radical (unpaired) electrons. The van der Waals surface area contributed by atoms with Crippen molar-refractivity contribution in [2.45, 2.75) is 32.2 Å². The Balaban J connectivity index is 1.69. The number of carboxylic acid groups (broad SMARTS) is 3. The SMILES string of the molecule is N=C(N)Nc1ccc2c(c1)CCCCc1c(cccc1C(=O)N(CC(=O)O)Cc1cc(C(=O)O)cc(C(=O)O)c1)OC2=O. The van der Waals surface area contributed by atoms with Crippen LogP contribution in [0.5, 0.6) is 5.75 Å². The molecule has 0 unspecified atom stereocenters. The minimum Gasteiger partial charge on any atom is -0.480 e. The molecule has 0 aliphatic carbocycles. The number of anilines is 1. The Kier molecular flexibility index (Phi) is 9.04. The summed E-state index contributed by atoms with van der Waals surface area (Å²) < 4.78 is 5.73. The van der Waals surface area contributed by atoms with Gasteiger partial charge in [0.25, 0.3) is 5.91 Å². The van der Waals surface area contributed by atoms with Gasteiger partial charge in [-0.1, -0.05) is 6.07 Å². The summed E-state index contributed by atoms with van der Waals surface area (Å²) >= 11 is 0. The molecule has 43 heavy (non-hydrogen) atoms. The summed E-state index contributed by atoms with van der Waals surface area (Å²) in [6.45, 7) is -1.15. The minimum atomic E-state index is -1.38. The van der Waals surface area contributed by atoms with Gasteiger partial charge in [0.2, 0.25) is 0 Å². The molecule has 4 rings (SSSR count). The van der Waals surface area contributed by atoms with E-state index in [1.165, 1.54) is 30.3 Å². The van der Waals surface area contributed by atoms with Crippen molar-refractivity contribution >= 4 is 41.4 Å². The Labute approximate surface area is 245 Å². The number of guanidine groups is 1. The van der Waals surface area contributed by atoms with E-state index in [1.54, 1.807) is 18.2 Å². The number of hydrogen-bond acceptors (Lipinski definition) is 7. The molecule has 1 aliphatic heterocycles. The zero-order valence-corrected chi connectivity index (χ0v) is 22.8. The highest BCUT2D eigenvalue weighted by molar-refractivity contribution is 5.99. The molecule has 0 bridgehead atoms. The zero-order chi connectivity index (χ0) is 31.3. The van der Waals surface area contributed by atoms with Gasteiger partial charge in [-0.2, -0.15) is 0 Å². The first kappa shape index (κ1) is 30.2. The number of amides is 1. The van der Waals surface area contributed by atoms with Crippen LogP contribution in [0.2, 0.25) is 0 Å². The number of nitrogens with two attached hydrogens (primary N) is 1. The van der Waals surface area contributed by atoms with E-state index in [9.17, 15) is 39.3 Å². The van der Waals surface area contributed by atoms with Gasteiger partial charge in [0.15, 0.2) is 5.96 Å². The maximum atomic E-state index is 13.8. The summed E-state index contributed by atoms with van der Waals surface area (Å²) in [5.74, 6) is -5.60. The van der Waals surface area contributed by atoms with Crippen molar-refractivity contribution in [3.8, 4) is 5.75 Å². The van der Waals surface area contributed by atoms with Crippen molar-refractivity contribution in [2.75, 3.05) is 11.9 Å². The number of nitrogens with one attached hydrogen (secondary N) is 2. The van der Waals surface area contributed by atoms with Crippen LogP contribution >= 0.6 is 0 Å². The maximum absolute atomic E-state index is 13.8. The molecule has 0 aromatic heterocycles. The van der Waals surface area contributed by atoms with Gasteiger partial charge in [-0.3, -0.25) is 15.0 Å². The predicted octanol–water partition coefficient (Wildman–Crippen LogP) is 3.21. The second-order valence-corrected chi connectivity index (χ2v) is 9.87. The Bertz CT molecular complexity index is 1620. The topological polar surface area (TPSA) is 220 Å². The molecule has 3 aromatic rings. The number of hydrogen-bond donors (Lipinski definition) is 6. The average molecular weight is 589 g/mol. The van der Waals surface area contributed by atoms with Crippen LogP contribution in [-0.4, -0.2) is 62.5 Å². The van der Waals surface area contributed by atoms with Gasteiger partial charge < -0.3 is 36.0 Å².